The Hall–Kier alpha value is -1.02. The Morgan fingerprint density at radius 2 is 1.75 bits per heavy atom. The molecular weight excluding hydrogens is 150 g/mol. The van der Waals surface area contributed by atoms with Gasteiger partial charge in [0, 0.05) is 5.69 Å². The van der Waals surface area contributed by atoms with Gasteiger partial charge in [-0.3, -0.25) is 0 Å². The van der Waals surface area contributed by atoms with Gasteiger partial charge in [-0.1, -0.05) is 12.1 Å². The number of anilines is 1. The molecule has 0 heterocycles. The predicted molar refractivity (Wildman–Crippen MR) is 48.8 cm³/mol. The standard InChI is InChI=1S/C10H13NO/c11-9-3-1-7(2-4-9)8-5-10(12)6-8/h1-4,8,10,12H,5-6,11H2. The first-order valence-corrected chi connectivity index (χ1v) is 4.29. The van der Waals surface area contributed by atoms with E-state index in [0.717, 1.165) is 18.5 Å². The minimum atomic E-state index is -0.0763. The van der Waals surface area contributed by atoms with Gasteiger partial charge in [-0.15, -0.1) is 0 Å². The van der Waals surface area contributed by atoms with Crippen LogP contribution in [0, 0.1) is 0 Å². The van der Waals surface area contributed by atoms with Crippen molar-refractivity contribution < 1.29 is 5.11 Å². The maximum atomic E-state index is 9.11. The Morgan fingerprint density at radius 1 is 1.17 bits per heavy atom. The second kappa shape index (κ2) is 2.79. The molecule has 0 unspecified atom stereocenters. The molecule has 3 N–H and O–H groups in total. The lowest BCUT2D eigenvalue weighted by Gasteiger charge is -2.31. The highest BCUT2D eigenvalue weighted by molar-refractivity contribution is 5.40. The van der Waals surface area contributed by atoms with E-state index in [9.17, 15) is 0 Å². The van der Waals surface area contributed by atoms with Gasteiger partial charge in [0.2, 0.25) is 0 Å². The number of aliphatic hydroxyl groups excluding tert-OH is 1. The van der Waals surface area contributed by atoms with Gasteiger partial charge in [-0.05, 0) is 36.5 Å². The van der Waals surface area contributed by atoms with Crippen molar-refractivity contribution in [3.63, 3.8) is 0 Å². The monoisotopic (exact) mass is 163 g/mol. The van der Waals surface area contributed by atoms with E-state index in [-0.39, 0.29) is 6.10 Å². The van der Waals surface area contributed by atoms with Gasteiger partial charge < -0.3 is 10.8 Å². The minimum Gasteiger partial charge on any atom is -0.399 e. The SMILES string of the molecule is Nc1ccc(C2CC(O)C2)cc1. The second-order valence-electron chi connectivity index (χ2n) is 3.49. The van der Waals surface area contributed by atoms with E-state index in [4.69, 9.17) is 10.8 Å². The second-order valence-corrected chi connectivity index (χ2v) is 3.49. The van der Waals surface area contributed by atoms with Gasteiger partial charge in [0.1, 0.15) is 0 Å². The van der Waals surface area contributed by atoms with Crippen LogP contribution in [0.5, 0.6) is 0 Å². The zero-order valence-corrected chi connectivity index (χ0v) is 6.90. The molecule has 0 aromatic heterocycles. The maximum absolute atomic E-state index is 9.11. The smallest absolute Gasteiger partial charge is 0.0552 e. The molecule has 2 rings (SSSR count). The van der Waals surface area contributed by atoms with Crippen molar-refractivity contribution in [1.82, 2.24) is 0 Å². The van der Waals surface area contributed by atoms with E-state index in [1.807, 2.05) is 24.3 Å². The Bertz CT molecular complexity index is 262. The summed E-state index contributed by atoms with van der Waals surface area (Å²) in [5, 5.41) is 9.11. The Morgan fingerprint density at radius 3 is 2.25 bits per heavy atom. The first-order chi connectivity index (χ1) is 5.75. The van der Waals surface area contributed by atoms with Crippen LogP contribution in [0.15, 0.2) is 24.3 Å². The fourth-order valence-electron chi connectivity index (χ4n) is 1.63. The third-order valence-corrected chi connectivity index (χ3v) is 2.52. The maximum Gasteiger partial charge on any atom is 0.0552 e. The third-order valence-electron chi connectivity index (χ3n) is 2.52. The Kier molecular flexibility index (Phi) is 1.77. The summed E-state index contributed by atoms with van der Waals surface area (Å²) in [6.45, 7) is 0. The quantitative estimate of drug-likeness (QED) is 0.616. The number of hydrogen-bond acceptors (Lipinski definition) is 2. The van der Waals surface area contributed by atoms with E-state index in [2.05, 4.69) is 0 Å². The Labute approximate surface area is 72.0 Å². The third kappa shape index (κ3) is 1.30. The zero-order valence-electron chi connectivity index (χ0n) is 6.90. The topological polar surface area (TPSA) is 46.2 Å². The molecule has 0 bridgehead atoms. The molecule has 0 amide bonds. The highest BCUT2D eigenvalue weighted by atomic mass is 16.3. The largest absolute Gasteiger partial charge is 0.399 e. The molecule has 0 atom stereocenters. The number of nitrogens with two attached hydrogens (primary N) is 1. The van der Waals surface area contributed by atoms with E-state index in [0.29, 0.717) is 5.92 Å². The van der Waals surface area contributed by atoms with E-state index < -0.39 is 0 Å². The highest BCUT2D eigenvalue weighted by Gasteiger charge is 2.27. The average Bonchev–Trinajstić information content (AvgIpc) is 2.01. The lowest BCUT2D eigenvalue weighted by molar-refractivity contribution is 0.0746. The van der Waals surface area contributed by atoms with Crippen molar-refractivity contribution in [3.05, 3.63) is 29.8 Å². The molecular formula is C10H13NO. The van der Waals surface area contributed by atoms with Crippen molar-refractivity contribution in [2.45, 2.75) is 24.9 Å². The fraction of sp³-hybridized carbons (Fsp3) is 0.400. The molecule has 1 aromatic rings. The molecule has 0 aliphatic heterocycles. The van der Waals surface area contributed by atoms with Crippen LogP contribution in [-0.4, -0.2) is 11.2 Å². The summed E-state index contributed by atoms with van der Waals surface area (Å²) >= 11 is 0. The number of hydrogen-bond donors (Lipinski definition) is 2. The first-order valence-electron chi connectivity index (χ1n) is 4.29. The van der Waals surface area contributed by atoms with Crippen molar-refractivity contribution >= 4 is 5.69 Å². The van der Waals surface area contributed by atoms with E-state index in [1.54, 1.807) is 0 Å². The normalized spacial score (nSPS) is 28.1. The molecule has 1 aliphatic carbocycles. The summed E-state index contributed by atoms with van der Waals surface area (Å²) < 4.78 is 0. The number of benzene rings is 1. The summed E-state index contributed by atoms with van der Waals surface area (Å²) in [5.41, 5.74) is 7.67. The van der Waals surface area contributed by atoms with Crippen molar-refractivity contribution in [3.8, 4) is 0 Å². The van der Waals surface area contributed by atoms with Gasteiger partial charge in [-0.2, -0.15) is 0 Å². The lowest BCUT2D eigenvalue weighted by atomic mass is 9.78. The van der Waals surface area contributed by atoms with Crippen LogP contribution in [0.3, 0.4) is 0 Å². The predicted octanol–water partition coefficient (Wildman–Crippen LogP) is 1.51. The summed E-state index contributed by atoms with van der Waals surface area (Å²) in [5.74, 6) is 0.556. The van der Waals surface area contributed by atoms with Gasteiger partial charge in [0.05, 0.1) is 6.10 Å². The number of rotatable bonds is 1. The first kappa shape index (κ1) is 7.62. The molecule has 0 radical (unpaired) electrons. The lowest BCUT2D eigenvalue weighted by Crippen LogP contribution is -2.26. The molecule has 2 heteroatoms. The van der Waals surface area contributed by atoms with Crippen LogP contribution in [0.25, 0.3) is 0 Å². The van der Waals surface area contributed by atoms with Gasteiger partial charge >= 0.3 is 0 Å². The van der Waals surface area contributed by atoms with Gasteiger partial charge in [-0.25, -0.2) is 0 Å². The summed E-state index contributed by atoms with van der Waals surface area (Å²) in [6.07, 6.45) is 1.74. The molecule has 12 heavy (non-hydrogen) atoms. The van der Waals surface area contributed by atoms with E-state index in [1.165, 1.54) is 5.56 Å². The van der Waals surface area contributed by atoms with Crippen LogP contribution >= 0.6 is 0 Å². The van der Waals surface area contributed by atoms with Crippen molar-refractivity contribution in [2.24, 2.45) is 0 Å². The van der Waals surface area contributed by atoms with Crippen LogP contribution in [0.4, 0.5) is 5.69 Å². The summed E-state index contributed by atoms with van der Waals surface area (Å²) in [6, 6.07) is 7.93. The summed E-state index contributed by atoms with van der Waals surface area (Å²) in [4.78, 5) is 0. The summed E-state index contributed by atoms with van der Waals surface area (Å²) in [7, 11) is 0. The minimum absolute atomic E-state index is 0.0763. The molecule has 1 fully saturated rings. The average molecular weight is 163 g/mol. The zero-order chi connectivity index (χ0) is 8.55. The molecule has 0 spiro atoms. The molecule has 0 saturated heterocycles. The van der Waals surface area contributed by atoms with E-state index >= 15 is 0 Å². The van der Waals surface area contributed by atoms with Crippen LogP contribution < -0.4 is 5.73 Å². The molecule has 1 aromatic carbocycles. The molecule has 1 aliphatic rings. The van der Waals surface area contributed by atoms with Crippen LogP contribution in [0.2, 0.25) is 0 Å². The van der Waals surface area contributed by atoms with Gasteiger partial charge in [0.25, 0.3) is 0 Å². The molecule has 2 nitrogen and oxygen atoms in total. The number of nitrogen functional groups attached to an aromatic ring is 1. The Balaban J connectivity index is 2.09. The fourth-order valence-corrected chi connectivity index (χ4v) is 1.63. The van der Waals surface area contributed by atoms with Gasteiger partial charge in [0.15, 0.2) is 0 Å². The molecule has 64 valence electrons. The molecule has 1 saturated carbocycles. The van der Waals surface area contributed by atoms with Crippen LogP contribution in [-0.2, 0) is 0 Å². The van der Waals surface area contributed by atoms with Crippen molar-refractivity contribution in [1.29, 1.82) is 0 Å². The van der Waals surface area contributed by atoms with Crippen LogP contribution in [0.1, 0.15) is 24.3 Å². The highest BCUT2D eigenvalue weighted by Crippen LogP contribution is 2.36. The number of aliphatic hydroxyl groups is 1. The van der Waals surface area contributed by atoms with Crippen molar-refractivity contribution in [2.75, 3.05) is 5.73 Å².